The van der Waals surface area contributed by atoms with Gasteiger partial charge >= 0.3 is 10.1 Å². The number of amides is 1. The summed E-state index contributed by atoms with van der Waals surface area (Å²) >= 11 is 5.94. The van der Waals surface area contributed by atoms with E-state index in [0.29, 0.717) is 5.56 Å². The van der Waals surface area contributed by atoms with Gasteiger partial charge in [0.1, 0.15) is 4.32 Å². The van der Waals surface area contributed by atoms with Crippen LogP contribution >= 0.6 is 24.0 Å². The summed E-state index contributed by atoms with van der Waals surface area (Å²) in [6, 6.07) is 4.38. The second kappa shape index (κ2) is 7.42. The van der Waals surface area contributed by atoms with Crippen molar-refractivity contribution in [3.63, 3.8) is 0 Å². The number of thiocarbonyl (C=S) groups is 1. The van der Waals surface area contributed by atoms with Gasteiger partial charge in [-0.1, -0.05) is 30.0 Å². The molecular formula is C14H12NO7S3-. The van der Waals surface area contributed by atoms with Gasteiger partial charge in [-0.15, -0.1) is 0 Å². The molecule has 0 aliphatic carbocycles. The normalized spacial score (nSPS) is 16.4. The lowest BCUT2D eigenvalue weighted by Crippen LogP contribution is -2.40. The Bertz CT molecular complexity index is 876. The smallest absolute Gasteiger partial charge is 0.306 e. The van der Waals surface area contributed by atoms with Crippen molar-refractivity contribution < 1.29 is 32.0 Å². The van der Waals surface area contributed by atoms with Crippen LogP contribution in [-0.2, 0) is 19.7 Å². The third kappa shape index (κ3) is 4.94. The third-order valence-corrected chi connectivity index (χ3v) is 4.75. The maximum absolute atomic E-state index is 12.2. The van der Waals surface area contributed by atoms with Gasteiger partial charge in [-0.2, -0.15) is 8.42 Å². The number of aliphatic carboxylic acids is 1. The molecular weight excluding hydrogens is 390 g/mol. The molecule has 1 saturated heterocycles. The van der Waals surface area contributed by atoms with Crippen LogP contribution in [0.2, 0.25) is 0 Å². The van der Waals surface area contributed by atoms with Crippen molar-refractivity contribution in [1.29, 1.82) is 0 Å². The molecule has 1 fully saturated rings. The molecule has 1 amide bonds. The number of carbonyl (C=O) groups is 2. The van der Waals surface area contributed by atoms with Gasteiger partial charge in [-0.3, -0.25) is 9.69 Å². The lowest BCUT2D eigenvalue weighted by Gasteiger charge is -2.14. The van der Waals surface area contributed by atoms with Crippen molar-refractivity contribution in [3.8, 4) is 11.5 Å². The minimum absolute atomic E-state index is 0.00616. The summed E-state index contributed by atoms with van der Waals surface area (Å²) in [6.07, 6.45) is 2.39. The molecule has 1 heterocycles. The van der Waals surface area contributed by atoms with Crippen LogP contribution in [0.1, 0.15) is 5.56 Å². The highest BCUT2D eigenvalue weighted by Crippen LogP contribution is 2.34. The van der Waals surface area contributed by atoms with E-state index in [4.69, 9.17) is 21.1 Å². The van der Waals surface area contributed by atoms with Crippen LogP contribution in [0.4, 0.5) is 0 Å². The Balaban J connectivity index is 2.31. The molecule has 0 spiro atoms. The minimum Gasteiger partial charge on any atom is -0.548 e. The van der Waals surface area contributed by atoms with Crippen LogP contribution in [-0.4, -0.2) is 49.4 Å². The minimum atomic E-state index is -3.72. The fourth-order valence-electron chi connectivity index (χ4n) is 1.92. The van der Waals surface area contributed by atoms with E-state index < -0.39 is 28.5 Å². The molecule has 0 unspecified atom stereocenters. The standard InChI is InChI=1S/C14H13NO7S3/c1-21-10-5-8(3-4-9(10)22-25(2,19)20)6-11-13(18)15(7-12(16)17)14(23)24-11/h3-6H,7H2,1-2H3,(H,16,17)/p-1/b11-6-. The molecule has 11 heteroatoms. The molecule has 1 aliphatic rings. The van der Waals surface area contributed by atoms with E-state index in [9.17, 15) is 23.1 Å². The molecule has 1 aromatic rings. The van der Waals surface area contributed by atoms with Gasteiger partial charge in [-0.25, -0.2) is 0 Å². The number of ether oxygens (including phenoxy) is 1. The first-order valence-corrected chi connectivity index (χ1v) is 9.67. The third-order valence-electron chi connectivity index (χ3n) is 2.89. The zero-order valence-electron chi connectivity index (χ0n) is 13.0. The van der Waals surface area contributed by atoms with E-state index in [1.54, 1.807) is 0 Å². The lowest BCUT2D eigenvalue weighted by atomic mass is 10.2. The van der Waals surface area contributed by atoms with Crippen molar-refractivity contribution in [2.45, 2.75) is 0 Å². The van der Waals surface area contributed by atoms with Crippen LogP contribution in [0.15, 0.2) is 23.1 Å². The summed E-state index contributed by atoms with van der Waals surface area (Å²) in [7, 11) is -2.38. The summed E-state index contributed by atoms with van der Waals surface area (Å²) in [5.74, 6) is -1.80. The molecule has 8 nitrogen and oxygen atoms in total. The van der Waals surface area contributed by atoms with Crippen molar-refractivity contribution in [2.24, 2.45) is 0 Å². The maximum atomic E-state index is 12.2. The zero-order chi connectivity index (χ0) is 18.8. The van der Waals surface area contributed by atoms with Gasteiger partial charge in [0.25, 0.3) is 5.91 Å². The molecule has 0 radical (unpaired) electrons. The fraction of sp³-hybridized carbons (Fsp3) is 0.214. The topological polar surface area (TPSA) is 113 Å². The average molecular weight is 402 g/mol. The Hall–Kier alpha value is -2.11. The number of carboxylic acid groups (broad SMARTS) is 1. The number of hydrogen-bond donors (Lipinski definition) is 0. The van der Waals surface area contributed by atoms with E-state index in [1.165, 1.54) is 31.4 Å². The first kappa shape index (κ1) is 19.2. The van der Waals surface area contributed by atoms with Crippen molar-refractivity contribution in [3.05, 3.63) is 28.7 Å². The summed E-state index contributed by atoms with van der Waals surface area (Å²) in [6.45, 7) is -0.619. The lowest BCUT2D eigenvalue weighted by molar-refractivity contribution is -0.305. The first-order valence-electron chi connectivity index (χ1n) is 6.63. The highest BCUT2D eigenvalue weighted by atomic mass is 32.2. The SMILES string of the molecule is COc1cc(/C=C2\SC(=S)N(CC(=O)[O-])C2=O)ccc1OS(C)(=O)=O. The summed E-state index contributed by atoms with van der Waals surface area (Å²) in [5.41, 5.74) is 0.520. The Morgan fingerprint density at radius 3 is 2.64 bits per heavy atom. The van der Waals surface area contributed by atoms with Crippen LogP contribution in [0, 0.1) is 0 Å². The Labute approximate surface area is 153 Å². The predicted octanol–water partition coefficient (Wildman–Crippen LogP) is -0.0153. The van der Waals surface area contributed by atoms with Gasteiger partial charge in [0.15, 0.2) is 11.5 Å². The highest BCUT2D eigenvalue weighted by molar-refractivity contribution is 8.26. The Morgan fingerprint density at radius 1 is 1.40 bits per heavy atom. The number of hydrogen-bond acceptors (Lipinski definition) is 9. The predicted molar refractivity (Wildman–Crippen MR) is 93.4 cm³/mol. The number of benzene rings is 1. The molecule has 2 rings (SSSR count). The highest BCUT2D eigenvalue weighted by Gasteiger charge is 2.31. The van der Waals surface area contributed by atoms with Crippen LogP contribution in [0.3, 0.4) is 0 Å². The van der Waals surface area contributed by atoms with Crippen molar-refractivity contribution >= 4 is 56.4 Å². The fourth-order valence-corrected chi connectivity index (χ4v) is 3.64. The number of nitrogens with zero attached hydrogens (tertiary/aromatic N) is 1. The summed E-state index contributed by atoms with van der Waals surface area (Å²) in [5, 5.41) is 10.7. The first-order chi connectivity index (χ1) is 11.6. The van der Waals surface area contributed by atoms with Gasteiger partial charge in [0.2, 0.25) is 0 Å². The van der Waals surface area contributed by atoms with Gasteiger partial charge in [-0.05, 0) is 23.8 Å². The molecule has 134 valence electrons. The molecule has 0 aromatic heterocycles. The number of thioether (sulfide) groups is 1. The quantitative estimate of drug-likeness (QED) is 0.368. The Morgan fingerprint density at radius 2 is 2.08 bits per heavy atom. The van der Waals surface area contributed by atoms with E-state index >= 15 is 0 Å². The number of methoxy groups -OCH3 is 1. The number of carbonyl (C=O) groups excluding carboxylic acids is 2. The van der Waals surface area contributed by atoms with E-state index in [1.807, 2.05) is 0 Å². The summed E-state index contributed by atoms with van der Waals surface area (Å²) < 4.78 is 32.5. The molecule has 0 saturated carbocycles. The second-order valence-corrected chi connectivity index (χ2v) is 8.09. The Kier molecular flexibility index (Phi) is 5.70. The van der Waals surface area contributed by atoms with Gasteiger partial charge in [0.05, 0.1) is 30.8 Å². The molecule has 0 atom stereocenters. The van der Waals surface area contributed by atoms with Gasteiger partial charge in [0, 0.05) is 0 Å². The molecule has 0 bridgehead atoms. The van der Waals surface area contributed by atoms with Gasteiger partial charge < -0.3 is 18.8 Å². The summed E-state index contributed by atoms with van der Waals surface area (Å²) in [4.78, 5) is 24.0. The maximum Gasteiger partial charge on any atom is 0.306 e. The van der Waals surface area contributed by atoms with Crippen molar-refractivity contribution in [1.82, 2.24) is 4.90 Å². The molecule has 0 N–H and O–H groups in total. The van der Waals surface area contributed by atoms with Crippen LogP contribution < -0.4 is 14.0 Å². The number of carboxylic acids is 1. The van der Waals surface area contributed by atoms with Crippen LogP contribution in [0.5, 0.6) is 11.5 Å². The molecule has 1 aliphatic heterocycles. The van der Waals surface area contributed by atoms with E-state index in [2.05, 4.69) is 0 Å². The van der Waals surface area contributed by atoms with E-state index in [-0.39, 0.29) is 20.7 Å². The van der Waals surface area contributed by atoms with Crippen molar-refractivity contribution in [2.75, 3.05) is 19.9 Å². The monoisotopic (exact) mass is 402 g/mol. The molecule has 25 heavy (non-hydrogen) atoms. The van der Waals surface area contributed by atoms with Crippen LogP contribution in [0.25, 0.3) is 6.08 Å². The van der Waals surface area contributed by atoms with E-state index in [0.717, 1.165) is 22.9 Å². The zero-order valence-corrected chi connectivity index (χ0v) is 15.5. The average Bonchev–Trinajstić information content (AvgIpc) is 2.74. The molecule has 1 aromatic carbocycles. The largest absolute Gasteiger partial charge is 0.548 e. The second-order valence-electron chi connectivity index (χ2n) is 4.84. The number of rotatable bonds is 6.